The number of hydrogen-bond acceptors (Lipinski definition) is 3. The Hall–Kier alpha value is -1.12. The molecule has 0 amide bonds. The van der Waals surface area contributed by atoms with E-state index < -0.39 is 0 Å². The third kappa shape index (κ3) is 1.72. The maximum Gasteiger partial charge on any atom is 0.192 e. The van der Waals surface area contributed by atoms with E-state index in [1.807, 2.05) is 0 Å². The van der Waals surface area contributed by atoms with Gasteiger partial charge < -0.3 is 4.42 Å². The maximum atomic E-state index is 10.7. The zero-order chi connectivity index (χ0) is 9.97. The first-order valence-electron chi connectivity index (χ1n) is 5.24. The number of carbonyl (C=O) groups excluding carboxylic acids is 1. The first-order valence-corrected chi connectivity index (χ1v) is 5.24. The van der Waals surface area contributed by atoms with Crippen molar-refractivity contribution in [2.75, 3.05) is 0 Å². The van der Waals surface area contributed by atoms with E-state index in [2.05, 4.69) is 4.98 Å². The van der Waals surface area contributed by atoms with Gasteiger partial charge in [-0.25, -0.2) is 4.98 Å². The van der Waals surface area contributed by atoms with E-state index in [0.717, 1.165) is 24.8 Å². The van der Waals surface area contributed by atoms with Gasteiger partial charge in [0.05, 0.1) is 5.69 Å². The van der Waals surface area contributed by atoms with Gasteiger partial charge in [0.1, 0.15) is 0 Å². The molecule has 0 unspecified atom stereocenters. The molecule has 3 heteroatoms. The van der Waals surface area contributed by atoms with Crippen molar-refractivity contribution in [1.82, 2.24) is 4.98 Å². The number of rotatable bonds is 2. The zero-order valence-corrected chi connectivity index (χ0v) is 8.45. The summed E-state index contributed by atoms with van der Waals surface area (Å²) in [5.74, 6) is 1.49. The Bertz CT molecular complexity index is 324. The average molecular weight is 193 g/mol. The molecule has 3 nitrogen and oxygen atoms in total. The Labute approximate surface area is 83.5 Å². The van der Waals surface area contributed by atoms with Crippen LogP contribution in [0.15, 0.2) is 4.42 Å². The molecule has 1 heterocycles. The highest BCUT2D eigenvalue weighted by atomic mass is 16.4. The van der Waals surface area contributed by atoms with Crippen LogP contribution < -0.4 is 0 Å². The molecule has 76 valence electrons. The van der Waals surface area contributed by atoms with Crippen LogP contribution in [0, 0.1) is 6.92 Å². The summed E-state index contributed by atoms with van der Waals surface area (Å²) >= 11 is 0. The monoisotopic (exact) mass is 193 g/mol. The van der Waals surface area contributed by atoms with Crippen molar-refractivity contribution >= 4 is 6.29 Å². The van der Waals surface area contributed by atoms with Gasteiger partial charge in [0, 0.05) is 12.8 Å². The van der Waals surface area contributed by atoms with Crippen molar-refractivity contribution in [3.05, 3.63) is 17.3 Å². The Morgan fingerprint density at radius 2 is 2.07 bits per heavy atom. The van der Waals surface area contributed by atoms with Crippen LogP contribution in [0.5, 0.6) is 0 Å². The molecule has 0 bridgehead atoms. The highest BCUT2D eigenvalue weighted by Crippen LogP contribution is 2.33. The number of aryl methyl sites for hydroxylation is 1. The van der Waals surface area contributed by atoms with Crippen LogP contribution in [0.1, 0.15) is 60.2 Å². The number of hydrogen-bond donors (Lipinski definition) is 0. The van der Waals surface area contributed by atoms with E-state index in [1.165, 1.54) is 19.3 Å². The van der Waals surface area contributed by atoms with E-state index in [4.69, 9.17) is 4.42 Å². The number of oxazole rings is 1. The number of aldehydes is 1. The van der Waals surface area contributed by atoms with Crippen molar-refractivity contribution in [2.24, 2.45) is 0 Å². The quantitative estimate of drug-likeness (QED) is 0.678. The summed E-state index contributed by atoms with van der Waals surface area (Å²) in [6.07, 6.45) is 6.87. The molecule has 0 aromatic carbocycles. The molecule has 1 aromatic rings. The predicted molar refractivity (Wildman–Crippen MR) is 52.5 cm³/mol. The minimum Gasteiger partial charge on any atom is -0.438 e. The SMILES string of the molecule is Cc1nc(C2CCCCC2)c(C=O)o1. The van der Waals surface area contributed by atoms with Crippen molar-refractivity contribution < 1.29 is 9.21 Å². The lowest BCUT2D eigenvalue weighted by molar-refractivity contribution is 0.109. The van der Waals surface area contributed by atoms with Crippen LogP contribution in [0.3, 0.4) is 0 Å². The predicted octanol–water partition coefficient (Wildman–Crippen LogP) is 2.84. The lowest BCUT2D eigenvalue weighted by Crippen LogP contribution is -2.06. The lowest BCUT2D eigenvalue weighted by atomic mass is 9.86. The summed E-state index contributed by atoms with van der Waals surface area (Å²) < 4.78 is 5.24. The fourth-order valence-electron chi connectivity index (χ4n) is 2.21. The fourth-order valence-corrected chi connectivity index (χ4v) is 2.21. The molecule has 1 saturated carbocycles. The van der Waals surface area contributed by atoms with Gasteiger partial charge in [0.25, 0.3) is 0 Å². The van der Waals surface area contributed by atoms with Crippen LogP contribution >= 0.6 is 0 Å². The third-order valence-corrected chi connectivity index (χ3v) is 2.89. The summed E-state index contributed by atoms with van der Waals surface area (Å²) in [7, 11) is 0. The average Bonchev–Trinajstić information content (AvgIpc) is 2.61. The summed E-state index contributed by atoms with van der Waals surface area (Å²) in [5, 5.41) is 0. The molecule has 0 saturated heterocycles. The summed E-state index contributed by atoms with van der Waals surface area (Å²) in [5.41, 5.74) is 0.886. The van der Waals surface area contributed by atoms with E-state index in [9.17, 15) is 4.79 Å². The zero-order valence-electron chi connectivity index (χ0n) is 8.45. The van der Waals surface area contributed by atoms with Crippen LogP contribution in [-0.2, 0) is 0 Å². The van der Waals surface area contributed by atoms with Gasteiger partial charge in [0.15, 0.2) is 17.9 Å². The van der Waals surface area contributed by atoms with E-state index in [1.54, 1.807) is 6.92 Å². The maximum absolute atomic E-state index is 10.7. The Balaban J connectivity index is 2.24. The minimum absolute atomic E-state index is 0.439. The fraction of sp³-hybridized carbons (Fsp3) is 0.636. The first-order chi connectivity index (χ1) is 6.81. The van der Waals surface area contributed by atoms with Crippen LogP contribution in [-0.4, -0.2) is 11.3 Å². The van der Waals surface area contributed by atoms with Gasteiger partial charge in [-0.05, 0) is 12.8 Å². The van der Waals surface area contributed by atoms with Gasteiger partial charge in [0.2, 0.25) is 0 Å². The highest BCUT2D eigenvalue weighted by molar-refractivity contribution is 5.72. The largest absolute Gasteiger partial charge is 0.438 e. The van der Waals surface area contributed by atoms with Crippen molar-refractivity contribution in [3.63, 3.8) is 0 Å². The molecule has 2 rings (SSSR count). The third-order valence-electron chi connectivity index (χ3n) is 2.89. The van der Waals surface area contributed by atoms with Crippen LogP contribution in [0.25, 0.3) is 0 Å². The van der Waals surface area contributed by atoms with E-state index >= 15 is 0 Å². The van der Waals surface area contributed by atoms with Crippen LogP contribution in [0.4, 0.5) is 0 Å². The second kappa shape index (κ2) is 3.95. The van der Waals surface area contributed by atoms with Crippen molar-refractivity contribution in [3.8, 4) is 0 Å². The number of carbonyl (C=O) groups is 1. The minimum atomic E-state index is 0.439. The van der Waals surface area contributed by atoms with E-state index in [0.29, 0.717) is 17.6 Å². The molecule has 0 atom stereocenters. The van der Waals surface area contributed by atoms with Crippen molar-refractivity contribution in [2.45, 2.75) is 44.9 Å². The molecule has 0 spiro atoms. The molecule has 1 aliphatic rings. The van der Waals surface area contributed by atoms with Crippen molar-refractivity contribution in [1.29, 1.82) is 0 Å². The molecule has 0 radical (unpaired) electrons. The van der Waals surface area contributed by atoms with Gasteiger partial charge >= 0.3 is 0 Å². The molecule has 1 aliphatic carbocycles. The standard InChI is InChI=1S/C11H15NO2/c1-8-12-11(10(7-13)14-8)9-5-3-2-4-6-9/h7,9H,2-6H2,1H3. The smallest absolute Gasteiger partial charge is 0.192 e. The number of nitrogens with zero attached hydrogens (tertiary/aromatic N) is 1. The Morgan fingerprint density at radius 3 is 2.71 bits per heavy atom. The molecule has 1 aromatic heterocycles. The molecule has 1 fully saturated rings. The summed E-state index contributed by atoms with van der Waals surface area (Å²) in [4.78, 5) is 15.1. The molecular formula is C11H15NO2. The summed E-state index contributed by atoms with van der Waals surface area (Å²) in [6.45, 7) is 1.79. The second-order valence-electron chi connectivity index (χ2n) is 3.94. The Kier molecular flexibility index (Phi) is 2.66. The normalized spacial score (nSPS) is 18.4. The Morgan fingerprint density at radius 1 is 1.36 bits per heavy atom. The summed E-state index contributed by atoms with van der Waals surface area (Å²) in [6, 6.07) is 0. The topological polar surface area (TPSA) is 43.1 Å². The molecule has 0 aliphatic heterocycles. The second-order valence-corrected chi connectivity index (χ2v) is 3.94. The van der Waals surface area contributed by atoms with Gasteiger partial charge in [-0.3, -0.25) is 4.79 Å². The van der Waals surface area contributed by atoms with Gasteiger partial charge in [-0.15, -0.1) is 0 Å². The van der Waals surface area contributed by atoms with E-state index in [-0.39, 0.29) is 0 Å². The number of aromatic nitrogens is 1. The lowest BCUT2D eigenvalue weighted by Gasteiger charge is -2.19. The molecular weight excluding hydrogens is 178 g/mol. The van der Waals surface area contributed by atoms with Gasteiger partial charge in [-0.2, -0.15) is 0 Å². The highest BCUT2D eigenvalue weighted by Gasteiger charge is 2.22. The molecule has 0 N–H and O–H groups in total. The molecule has 14 heavy (non-hydrogen) atoms. The first kappa shape index (κ1) is 9.44. The van der Waals surface area contributed by atoms with Gasteiger partial charge in [-0.1, -0.05) is 19.3 Å². The van der Waals surface area contributed by atoms with Crippen LogP contribution in [0.2, 0.25) is 0 Å².